The monoisotopic (exact) mass is 491 g/mol. The van der Waals surface area contributed by atoms with Gasteiger partial charge in [-0.1, -0.05) is 42.1 Å². The lowest BCUT2D eigenvalue weighted by Gasteiger charge is -2.13. The molecule has 30 heavy (non-hydrogen) atoms. The van der Waals surface area contributed by atoms with E-state index in [1.807, 2.05) is 30.3 Å². The molecule has 2 aromatic carbocycles. The summed E-state index contributed by atoms with van der Waals surface area (Å²) in [6.07, 6.45) is 1.23. The number of aliphatic carboxylic acids is 1. The lowest BCUT2D eigenvalue weighted by molar-refractivity contribution is -0.138. The largest absolute Gasteiger partial charge is 0.493 e. The van der Waals surface area contributed by atoms with Crippen LogP contribution in [0.15, 0.2) is 57.1 Å². The number of halogens is 1. The summed E-state index contributed by atoms with van der Waals surface area (Å²) in [5.41, 5.74) is 1.73. The Kier molecular flexibility index (Phi) is 7.47. The molecule has 0 saturated carbocycles. The normalized spacial score (nSPS) is 17.3. The van der Waals surface area contributed by atoms with Crippen molar-refractivity contribution in [3.8, 4) is 11.5 Å². The third-order valence-electron chi connectivity index (χ3n) is 3.97. The van der Waals surface area contributed by atoms with E-state index in [9.17, 15) is 9.59 Å². The van der Waals surface area contributed by atoms with Crippen LogP contribution in [-0.4, -0.2) is 40.7 Å². The number of thioether (sulfide) groups is 1. The van der Waals surface area contributed by atoms with Gasteiger partial charge in [0, 0.05) is 0 Å². The van der Waals surface area contributed by atoms with Gasteiger partial charge < -0.3 is 19.9 Å². The second-order valence-corrected chi connectivity index (χ2v) is 8.20. The molecule has 0 aliphatic carbocycles. The summed E-state index contributed by atoms with van der Waals surface area (Å²) in [6.45, 7) is 0.394. The van der Waals surface area contributed by atoms with Crippen LogP contribution in [0.3, 0.4) is 0 Å². The smallest absolute Gasteiger partial charge is 0.305 e. The van der Waals surface area contributed by atoms with E-state index in [-0.39, 0.29) is 17.5 Å². The molecule has 0 aromatic heterocycles. The number of amides is 1. The van der Waals surface area contributed by atoms with E-state index in [1.54, 1.807) is 19.2 Å². The van der Waals surface area contributed by atoms with Crippen molar-refractivity contribution < 1.29 is 24.2 Å². The quantitative estimate of drug-likeness (QED) is 0.432. The summed E-state index contributed by atoms with van der Waals surface area (Å²) in [6, 6.07) is 13.3. The van der Waals surface area contributed by atoms with Crippen LogP contribution in [0.4, 0.5) is 0 Å². The Balaban J connectivity index is 1.69. The Bertz CT molecular complexity index is 997. The number of hydrogen-bond donors (Lipinski definition) is 2. The number of nitrogens with zero attached hydrogens (tertiary/aromatic N) is 2. The fourth-order valence-corrected chi connectivity index (χ4v) is 4.07. The number of benzene rings is 2. The fourth-order valence-electron chi connectivity index (χ4n) is 2.58. The zero-order chi connectivity index (χ0) is 21.5. The Labute approximate surface area is 185 Å². The van der Waals surface area contributed by atoms with Crippen molar-refractivity contribution in [1.29, 1.82) is 0 Å². The van der Waals surface area contributed by atoms with Crippen molar-refractivity contribution in [2.45, 2.75) is 18.3 Å². The first-order valence-corrected chi connectivity index (χ1v) is 10.5. The molecule has 0 radical (unpaired) electrons. The summed E-state index contributed by atoms with van der Waals surface area (Å²) >= 11 is 4.53. The predicted molar refractivity (Wildman–Crippen MR) is 118 cm³/mol. The molecular weight excluding hydrogens is 474 g/mol. The topological polar surface area (TPSA) is 110 Å². The molecule has 1 aliphatic heterocycles. The van der Waals surface area contributed by atoms with E-state index in [2.05, 4.69) is 31.4 Å². The first-order chi connectivity index (χ1) is 14.5. The van der Waals surface area contributed by atoms with Gasteiger partial charge in [0.05, 0.1) is 24.2 Å². The van der Waals surface area contributed by atoms with Crippen LogP contribution in [0.1, 0.15) is 17.5 Å². The number of rotatable bonds is 8. The number of hydrogen-bond acceptors (Lipinski definition) is 7. The van der Waals surface area contributed by atoms with Crippen LogP contribution in [-0.2, 0) is 16.2 Å². The van der Waals surface area contributed by atoms with E-state index < -0.39 is 11.2 Å². The van der Waals surface area contributed by atoms with Crippen LogP contribution in [0.5, 0.6) is 11.5 Å². The first kappa shape index (κ1) is 21.8. The number of carbonyl (C=O) groups is 2. The van der Waals surface area contributed by atoms with Crippen LogP contribution in [0, 0.1) is 0 Å². The lowest BCUT2D eigenvalue weighted by atomic mass is 10.2. The van der Waals surface area contributed by atoms with Gasteiger partial charge >= 0.3 is 5.97 Å². The summed E-state index contributed by atoms with van der Waals surface area (Å²) in [4.78, 5) is 22.5. The number of amidine groups is 1. The summed E-state index contributed by atoms with van der Waals surface area (Å²) in [5, 5.41) is 18.8. The molecule has 156 valence electrons. The molecule has 1 atom stereocenters. The van der Waals surface area contributed by atoms with Crippen LogP contribution in [0.2, 0.25) is 0 Å². The Hall–Kier alpha value is -2.85. The van der Waals surface area contributed by atoms with Crippen molar-refractivity contribution in [2.75, 3.05) is 7.11 Å². The van der Waals surface area contributed by atoms with E-state index in [0.29, 0.717) is 28.1 Å². The molecule has 1 aliphatic rings. The standard InChI is InChI=1S/C20H18BrN3O5S/c1-28-15-8-13(7-14(21)18(15)29-11-12-5-3-2-4-6-12)10-22-24-20-23-19(27)16(30-20)9-17(25)26/h2-8,10,16H,9,11H2,1H3,(H,25,26)(H,23,24,27)/b22-10-/t16-/m0/s1. The highest BCUT2D eigenvalue weighted by atomic mass is 79.9. The van der Waals surface area contributed by atoms with Gasteiger partial charge in [-0.3, -0.25) is 9.59 Å². The first-order valence-electron chi connectivity index (χ1n) is 8.81. The molecule has 10 heteroatoms. The molecule has 2 N–H and O–H groups in total. The van der Waals surface area contributed by atoms with Gasteiger partial charge in [-0.15, -0.1) is 5.10 Å². The third-order valence-corrected chi connectivity index (χ3v) is 5.63. The number of carbonyl (C=O) groups excluding carboxylic acids is 1. The van der Waals surface area contributed by atoms with E-state index in [1.165, 1.54) is 6.21 Å². The number of ether oxygens (including phenoxy) is 2. The molecule has 8 nitrogen and oxygen atoms in total. The van der Waals surface area contributed by atoms with Crippen molar-refractivity contribution >= 4 is 51.0 Å². The molecule has 3 rings (SSSR count). The van der Waals surface area contributed by atoms with Crippen molar-refractivity contribution in [2.24, 2.45) is 10.2 Å². The van der Waals surface area contributed by atoms with Crippen molar-refractivity contribution in [1.82, 2.24) is 5.32 Å². The van der Waals surface area contributed by atoms with Gasteiger partial charge in [0.2, 0.25) is 5.91 Å². The Morgan fingerprint density at radius 2 is 2.10 bits per heavy atom. The minimum atomic E-state index is -1.04. The third kappa shape index (κ3) is 5.83. The molecular formula is C20H18BrN3O5S. The SMILES string of the molecule is COc1cc(/C=N\N=C2\NC(=O)[C@H](CC(=O)O)S2)cc(Br)c1OCc1ccccc1. The van der Waals surface area contributed by atoms with Crippen molar-refractivity contribution in [3.63, 3.8) is 0 Å². The number of methoxy groups -OCH3 is 1. The molecule has 1 heterocycles. The van der Waals surface area contributed by atoms with Crippen molar-refractivity contribution in [3.05, 3.63) is 58.1 Å². The van der Waals surface area contributed by atoms with Crippen LogP contribution in [0.25, 0.3) is 0 Å². The van der Waals surface area contributed by atoms with Gasteiger partial charge in [-0.2, -0.15) is 5.10 Å². The summed E-state index contributed by atoms with van der Waals surface area (Å²) < 4.78 is 12.0. The van der Waals surface area contributed by atoms with Crippen LogP contribution >= 0.6 is 27.7 Å². The molecule has 0 bridgehead atoms. The minimum absolute atomic E-state index is 0.261. The second kappa shape index (κ2) is 10.3. The zero-order valence-electron chi connectivity index (χ0n) is 15.9. The maximum absolute atomic E-state index is 11.7. The molecule has 0 unspecified atom stereocenters. The van der Waals surface area contributed by atoms with Gasteiger partial charge in [0.15, 0.2) is 16.7 Å². The van der Waals surface area contributed by atoms with E-state index in [4.69, 9.17) is 14.6 Å². The predicted octanol–water partition coefficient (Wildman–Crippen LogP) is 3.43. The number of carboxylic acids is 1. The fraction of sp³-hybridized carbons (Fsp3) is 0.200. The number of nitrogens with one attached hydrogen (secondary N) is 1. The molecule has 1 fully saturated rings. The van der Waals surface area contributed by atoms with Gasteiger partial charge in [-0.25, -0.2) is 0 Å². The van der Waals surface area contributed by atoms with Crippen LogP contribution < -0.4 is 14.8 Å². The van der Waals surface area contributed by atoms with E-state index in [0.717, 1.165) is 17.3 Å². The summed E-state index contributed by atoms with van der Waals surface area (Å²) in [7, 11) is 1.55. The maximum atomic E-state index is 11.7. The Morgan fingerprint density at radius 1 is 1.33 bits per heavy atom. The average molecular weight is 492 g/mol. The highest BCUT2D eigenvalue weighted by Gasteiger charge is 2.32. The highest BCUT2D eigenvalue weighted by molar-refractivity contribution is 9.10. The molecule has 1 amide bonds. The number of carboxylic acid groups (broad SMARTS) is 1. The average Bonchev–Trinajstić information content (AvgIpc) is 3.06. The molecule has 1 saturated heterocycles. The lowest BCUT2D eigenvalue weighted by Crippen LogP contribution is -2.26. The van der Waals surface area contributed by atoms with Gasteiger partial charge in [-0.05, 0) is 39.2 Å². The Morgan fingerprint density at radius 3 is 2.80 bits per heavy atom. The van der Waals surface area contributed by atoms with Gasteiger partial charge in [0.1, 0.15) is 11.9 Å². The molecule has 2 aromatic rings. The summed E-state index contributed by atoms with van der Waals surface area (Å²) in [5.74, 6) is -0.334. The van der Waals surface area contributed by atoms with Gasteiger partial charge in [0.25, 0.3) is 0 Å². The van der Waals surface area contributed by atoms with E-state index >= 15 is 0 Å². The molecule has 0 spiro atoms. The minimum Gasteiger partial charge on any atom is -0.493 e. The second-order valence-electron chi connectivity index (χ2n) is 6.15. The maximum Gasteiger partial charge on any atom is 0.305 e. The zero-order valence-corrected chi connectivity index (χ0v) is 18.3. The highest BCUT2D eigenvalue weighted by Crippen LogP contribution is 2.37.